The number of allylic oxidation sites excluding steroid dienone is 4. The Bertz CT molecular complexity index is 114. The van der Waals surface area contributed by atoms with Crippen LogP contribution in [0.2, 0.25) is 0 Å². The van der Waals surface area contributed by atoms with Crippen molar-refractivity contribution in [1.82, 2.24) is 0 Å². The van der Waals surface area contributed by atoms with Crippen molar-refractivity contribution in [3.05, 3.63) is 30.2 Å². The van der Waals surface area contributed by atoms with Crippen LogP contribution >= 0.6 is 0 Å². The van der Waals surface area contributed by atoms with Crippen molar-refractivity contribution in [3.63, 3.8) is 0 Å². The topological polar surface area (TPSA) is 0 Å². The molecule has 0 aromatic rings. The summed E-state index contributed by atoms with van der Waals surface area (Å²) < 4.78 is 0. The first-order valence-corrected chi connectivity index (χ1v) is 3.83. The highest BCUT2D eigenvalue weighted by atomic mass is 13.8. The minimum Gasteiger partial charge on any atom is -0.0880 e. The monoisotopic (exact) mass is 137 g/mol. The van der Waals surface area contributed by atoms with Gasteiger partial charge in [0.05, 0.1) is 0 Å². The summed E-state index contributed by atoms with van der Waals surface area (Å²) in [5.41, 5.74) is 1.39. The van der Waals surface area contributed by atoms with Crippen LogP contribution in [0, 0.1) is 6.42 Å². The first-order chi connectivity index (χ1) is 4.77. The zero-order valence-corrected chi connectivity index (χ0v) is 7.22. The van der Waals surface area contributed by atoms with Crippen molar-refractivity contribution < 1.29 is 0 Å². The Morgan fingerprint density at radius 3 is 2.20 bits per heavy atom. The number of hydrogen-bond acceptors (Lipinski definition) is 0. The number of rotatable bonds is 4. The van der Waals surface area contributed by atoms with Crippen LogP contribution in [0.5, 0.6) is 0 Å². The van der Waals surface area contributed by atoms with E-state index in [9.17, 15) is 0 Å². The summed E-state index contributed by atoms with van der Waals surface area (Å²) in [4.78, 5) is 0. The third-order valence-electron chi connectivity index (χ3n) is 1.20. The lowest BCUT2D eigenvalue weighted by Gasteiger charge is -1.86. The van der Waals surface area contributed by atoms with Gasteiger partial charge in [0.2, 0.25) is 0 Å². The highest BCUT2D eigenvalue weighted by Crippen LogP contribution is 1.95. The molecule has 0 heteroatoms. The predicted molar refractivity (Wildman–Crippen MR) is 47.8 cm³/mol. The van der Waals surface area contributed by atoms with Gasteiger partial charge >= 0.3 is 0 Å². The van der Waals surface area contributed by atoms with E-state index in [0.29, 0.717) is 0 Å². The van der Waals surface area contributed by atoms with Crippen molar-refractivity contribution in [1.29, 1.82) is 0 Å². The summed E-state index contributed by atoms with van der Waals surface area (Å²) >= 11 is 0. The standard InChI is InChI=1S/C10H17/c1-4-5-6-7-8-9-10(2)3/h4,6-7,9H,5,8H2,1-3H3. The Kier molecular flexibility index (Phi) is 6.25. The van der Waals surface area contributed by atoms with E-state index in [4.69, 9.17) is 0 Å². The van der Waals surface area contributed by atoms with Gasteiger partial charge in [-0.05, 0) is 33.1 Å². The van der Waals surface area contributed by atoms with Gasteiger partial charge in [-0.3, -0.25) is 0 Å². The molecule has 0 aliphatic carbocycles. The largest absolute Gasteiger partial charge is 0.0880 e. The molecule has 0 bridgehead atoms. The third kappa shape index (κ3) is 7.48. The molecule has 0 spiro atoms. The molecule has 0 fully saturated rings. The van der Waals surface area contributed by atoms with Gasteiger partial charge in [-0.15, -0.1) is 0 Å². The molecular formula is C10H17. The van der Waals surface area contributed by atoms with Gasteiger partial charge < -0.3 is 0 Å². The maximum absolute atomic E-state index is 2.23. The van der Waals surface area contributed by atoms with Crippen LogP contribution in [-0.2, 0) is 0 Å². The van der Waals surface area contributed by atoms with E-state index in [1.165, 1.54) is 5.57 Å². The zero-order chi connectivity index (χ0) is 7.82. The second-order valence-electron chi connectivity index (χ2n) is 2.63. The molecule has 0 N–H and O–H groups in total. The van der Waals surface area contributed by atoms with Crippen molar-refractivity contribution in [2.24, 2.45) is 0 Å². The molecular weight excluding hydrogens is 120 g/mol. The fourth-order valence-corrected chi connectivity index (χ4v) is 0.632. The third-order valence-corrected chi connectivity index (χ3v) is 1.20. The average molecular weight is 137 g/mol. The van der Waals surface area contributed by atoms with Gasteiger partial charge in [0.25, 0.3) is 0 Å². The van der Waals surface area contributed by atoms with Gasteiger partial charge in [0, 0.05) is 0 Å². The van der Waals surface area contributed by atoms with E-state index in [1.807, 2.05) is 0 Å². The Morgan fingerprint density at radius 2 is 1.70 bits per heavy atom. The molecule has 0 aromatic heterocycles. The molecule has 0 aliphatic heterocycles. The van der Waals surface area contributed by atoms with Crippen LogP contribution in [0.25, 0.3) is 0 Å². The summed E-state index contributed by atoms with van der Waals surface area (Å²) in [6.45, 7) is 6.32. The molecule has 0 saturated carbocycles. The van der Waals surface area contributed by atoms with Gasteiger partial charge in [0.15, 0.2) is 0 Å². The fraction of sp³-hybridized carbons (Fsp3) is 0.500. The lowest BCUT2D eigenvalue weighted by atomic mass is 10.2. The Hall–Kier alpha value is -0.520. The molecule has 0 aromatic carbocycles. The van der Waals surface area contributed by atoms with Crippen LogP contribution < -0.4 is 0 Å². The molecule has 0 unspecified atom stereocenters. The summed E-state index contributed by atoms with van der Waals surface area (Å²) in [6, 6.07) is 0. The Balaban J connectivity index is 3.27. The van der Waals surface area contributed by atoms with Crippen LogP contribution in [0.15, 0.2) is 23.8 Å². The molecule has 0 saturated heterocycles. The normalized spacial score (nSPS) is 10.3. The van der Waals surface area contributed by atoms with E-state index in [2.05, 4.69) is 45.4 Å². The zero-order valence-electron chi connectivity index (χ0n) is 7.22. The first kappa shape index (κ1) is 9.48. The van der Waals surface area contributed by atoms with Crippen LogP contribution in [0.4, 0.5) is 0 Å². The highest BCUT2D eigenvalue weighted by molar-refractivity contribution is 4.99. The minimum absolute atomic E-state index is 1.08. The lowest BCUT2D eigenvalue weighted by Crippen LogP contribution is -1.65. The molecule has 0 rings (SSSR count). The predicted octanol–water partition coefficient (Wildman–Crippen LogP) is 3.51. The second-order valence-corrected chi connectivity index (χ2v) is 2.63. The van der Waals surface area contributed by atoms with Crippen molar-refractivity contribution in [2.45, 2.75) is 33.6 Å². The number of hydrogen-bond donors (Lipinski definition) is 0. The quantitative estimate of drug-likeness (QED) is 0.520. The van der Waals surface area contributed by atoms with Gasteiger partial charge in [-0.1, -0.05) is 30.7 Å². The molecule has 0 aliphatic rings. The van der Waals surface area contributed by atoms with E-state index in [1.54, 1.807) is 0 Å². The van der Waals surface area contributed by atoms with Crippen LogP contribution in [0.3, 0.4) is 0 Å². The summed E-state index contributed by atoms with van der Waals surface area (Å²) in [6.07, 6.45) is 10.9. The fourth-order valence-electron chi connectivity index (χ4n) is 0.632. The molecule has 0 heterocycles. The van der Waals surface area contributed by atoms with E-state index in [0.717, 1.165) is 12.8 Å². The Labute approximate surface area is 64.6 Å². The molecule has 0 atom stereocenters. The molecule has 10 heavy (non-hydrogen) atoms. The van der Waals surface area contributed by atoms with Crippen molar-refractivity contribution in [3.8, 4) is 0 Å². The van der Waals surface area contributed by atoms with Crippen molar-refractivity contribution in [2.75, 3.05) is 0 Å². The SMILES string of the molecule is C[CH]CC=CCC=C(C)C. The summed E-state index contributed by atoms with van der Waals surface area (Å²) in [5, 5.41) is 0. The van der Waals surface area contributed by atoms with E-state index < -0.39 is 0 Å². The van der Waals surface area contributed by atoms with Gasteiger partial charge in [0.1, 0.15) is 0 Å². The molecule has 0 nitrogen and oxygen atoms in total. The number of unbranched alkanes of at least 4 members (excludes halogenated alkanes) is 1. The molecule has 1 radical (unpaired) electrons. The van der Waals surface area contributed by atoms with E-state index >= 15 is 0 Å². The van der Waals surface area contributed by atoms with E-state index in [-0.39, 0.29) is 0 Å². The van der Waals surface area contributed by atoms with Gasteiger partial charge in [-0.2, -0.15) is 0 Å². The average Bonchev–Trinajstić information content (AvgIpc) is 1.87. The van der Waals surface area contributed by atoms with Crippen LogP contribution in [-0.4, -0.2) is 0 Å². The lowest BCUT2D eigenvalue weighted by molar-refractivity contribution is 1.18. The minimum atomic E-state index is 1.08. The highest BCUT2D eigenvalue weighted by Gasteiger charge is 1.74. The molecule has 0 amide bonds. The maximum atomic E-state index is 2.23. The summed E-state index contributed by atoms with van der Waals surface area (Å²) in [7, 11) is 0. The Morgan fingerprint density at radius 1 is 1.10 bits per heavy atom. The van der Waals surface area contributed by atoms with Gasteiger partial charge in [-0.25, -0.2) is 0 Å². The summed E-state index contributed by atoms with van der Waals surface area (Å²) in [5.74, 6) is 0. The maximum Gasteiger partial charge on any atom is -0.0167 e. The molecule has 57 valence electrons. The smallest absolute Gasteiger partial charge is 0.0167 e. The second kappa shape index (κ2) is 6.60. The van der Waals surface area contributed by atoms with Crippen molar-refractivity contribution >= 4 is 0 Å². The first-order valence-electron chi connectivity index (χ1n) is 3.83. The van der Waals surface area contributed by atoms with Crippen LogP contribution in [0.1, 0.15) is 33.6 Å².